The molecule has 1 fully saturated rings. The lowest BCUT2D eigenvalue weighted by Crippen LogP contribution is -2.30. The number of benzene rings is 1. The molecule has 1 heterocycles. The first-order valence-electron chi connectivity index (χ1n) is 5.24. The maximum atomic E-state index is 13.2. The predicted molar refractivity (Wildman–Crippen MR) is 61.6 cm³/mol. The zero-order valence-corrected chi connectivity index (χ0v) is 10.1. The molecule has 18 heavy (non-hydrogen) atoms. The molecule has 8 heteroatoms. The summed E-state index contributed by atoms with van der Waals surface area (Å²) in [4.78, 5) is -0.358. The standard InChI is InChI=1S/C10H13FN2O4S/c11-6-2-1-3-9(10(6)12)18(16,17)13-4-7(14)8(15)5-13/h1-3,7-8,14-15H,4-5,12H2/t7-,8+. The van der Waals surface area contributed by atoms with Crippen LogP contribution in [0.5, 0.6) is 0 Å². The Hall–Kier alpha value is -1.22. The number of anilines is 1. The lowest BCUT2D eigenvalue weighted by molar-refractivity contribution is 0.0572. The number of aliphatic hydroxyl groups excluding tert-OH is 2. The van der Waals surface area contributed by atoms with Crippen LogP contribution in [0.15, 0.2) is 23.1 Å². The second-order valence-electron chi connectivity index (χ2n) is 4.11. The topological polar surface area (TPSA) is 104 Å². The van der Waals surface area contributed by atoms with E-state index in [4.69, 9.17) is 5.73 Å². The van der Waals surface area contributed by atoms with Crippen LogP contribution < -0.4 is 5.73 Å². The Morgan fingerprint density at radius 1 is 1.28 bits per heavy atom. The molecular formula is C10H13FN2O4S. The third-order valence-electron chi connectivity index (χ3n) is 2.86. The highest BCUT2D eigenvalue weighted by Gasteiger charge is 2.38. The van der Waals surface area contributed by atoms with Crippen molar-refractivity contribution in [2.75, 3.05) is 18.8 Å². The van der Waals surface area contributed by atoms with Gasteiger partial charge >= 0.3 is 0 Å². The summed E-state index contributed by atoms with van der Waals surface area (Å²) in [5.74, 6) is -0.823. The number of para-hydroxylation sites is 1. The van der Waals surface area contributed by atoms with Gasteiger partial charge in [0.1, 0.15) is 10.7 Å². The number of nitrogens with two attached hydrogens (primary N) is 1. The SMILES string of the molecule is Nc1c(F)cccc1S(=O)(=O)N1C[C@@H](O)[C@@H](O)C1. The van der Waals surface area contributed by atoms with Crippen molar-refractivity contribution in [3.05, 3.63) is 24.0 Å². The number of nitrogens with zero attached hydrogens (tertiary/aromatic N) is 1. The van der Waals surface area contributed by atoms with Crippen molar-refractivity contribution in [2.45, 2.75) is 17.1 Å². The minimum atomic E-state index is -4.01. The van der Waals surface area contributed by atoms with E-state index < -0.39 is 33.7 Å². The zero-order valence-electron chi connectivity index (χ0n) is 9.32. The highest BCUT2D eigenvalue weighted by atomic mass is 32.2. The Balaban J connectivity index is 2.41. The van der Waals surface area contributed by atoms with Crippen LogP contribution in [0.1, 0.15) is 0 Å². The maximum absolute atomic E-state index is 13.2. The minimum absolute atomic E-state index is 0.237. The van der Waals surface area contributed by atoms with Gasteiger partial charge < -0.3 is 15.9 Å². The molecule has 0 saturated carbocycles. The number of rotatable bonds is 2. The van der Waals surface area contributed by atoms with Crippen molar-refractivity contribution in [2.24, 2.45) is 0 Å². The summed E-state index contributed by atoms with van der Waals surface area (Å²) in [5, 5.41) is 18.7. The lowest BCUT2D eigenvalue weighted by Gasteiger charge is -2.16. The van der Waals surface area contributed by atoms with E-state index in [0.29, 0.717) is 0 Å². The fourth-order valence-corrected chi connectivity index (χ4v) is 3.41. The third kappa shape index (κ3) is 2.07. The van der Waals surface area contributed by atoms with Crippen LogP contribution in [0.4, 0.5) is 10.1 Å². The summed E-state index contributed by atoms with van der Waals surface area (Å²) < 4.78 is 38.4. The molecule has 0 aromatic heterocycles. The number of sulfonamides is 1. The molecule has 2 rings (SSSR count). The summed E-state index contributed by atoms with van der Waals surface area (Å²) in [6.07, 6.45) is -2.29. The van der Waals surface area contributed by atoms with Crippen LogP contribution in [0.3, 0.4) is 0 Å². The van der Waals surface area contributed by atoms with E-state index in [2.05, 4.69) is 0 Å². The number of nitrogen functional groups attached to an aromatic ring is 1. The van der Waals surface area contributed by atoms with Gasteiger partial charge in [0.05, 0.1) is 17.9 Å². The summed E-state index contributed by atoms with van der Waals surface area (Å²) in [6.45, 7) is -0.473. The molecule has 0 spiro atoms. The average Bonchev–Trinajstić information content (AvgIpc) is 2.63. The van der Waals surface area contributed by atoms with Gasteiger partial charge in [0.15, 0.2) is 0 Å². The highest BCUT2D eigenvalue weighted by molar-refractivity contribution is 7.89. The Morgan fingerprint density at radius 3 is 2.39 bits per heavy atom. The van der Waals surface area contributed by atoms with E-state index in [-0.39, 0.29) is 18.0 Å². The van der Waals surface area contributed by atoms with Gasteiger partial charge in [-0.05, 0) is 12.1 Å². The van der Waals surface area contributed by atoms with Gasteiger partial charge in [0.2, 0.25) is 10.0 Å². The first kappa shape index (κ1) is 13.2. The van der Waals surface area contributed by atoms with E-state index in [1.54, 1.807) is 0 Å². The van der Waals surface area contributed by atoms with Gasteiger partial charge in [0.25, 0.3) is 0 Å². The van der Waals surface area contributed by atoms with Crippen LogP contribution in [-0.2, 0) is 10.0 Å². The number of aliphatic hydroxyl groups is 2. The number of halogens is 1. The number of β-amino-alcohol motifs (C(OH)–C–C–N with tert-alkyl or cyclic N) is 2. The molecular weight excluding hydrogens is 263 g/mol. The Morgan fingerprint density at radius 2 is 1.83 bits per heavy atom. The van der Waals surface area contributed by atoms with E-state index >= 15 is 0 Å². The normalized spacial score (nSPS) is 25.5. The Kier molecular flexibility index (Phi) is 3.28. The van der Waals surface area contributed by atoms with Crippen LogP contribution in [0.2, 0.25) is 0 Å². The quantitative estimate of drug-likeness (QED) is 0.609. The fraction of sp³-hybridized carbons (Fsp3) is 0.400. The van der Waals surface area contributed by atoms with Gasteiger partial charge in [-0.15, -0.1) is 0 Å². The van der Waals surface area contributed by atoms with Crippen molar-refractivity contribution in [1.82, 2.24) is 4.31 Å². The summed E-state index contributed by atoms with van der Waals surface area (Å²) >= 11 is 0. The third-order valence-corrected chi connectivity index (χ3v) is 4.75. The van der Waals surface area contributed by atoms with Gasteiger partial charge in [-0.3, -0.25) is 0 Å². The Labute approximate surface area is 103 Å². The molecule has 0 unspecified atom stereocenters. The summed E-state index contributed by atoms with van der Waals surface area (Å²) in [7, 11) is -4.01. The highest BCUT2D eigenvalue weighted by Crippen LogP contribution is 2.27. The molecule has 0 aliphatic carbocycles. The average molecular weight is 276 g/mol. The van der Waals surface area contributed by atoms with Crippen LogP contribution >= 0.6 is 0 Å². The second-order valence-corrected chi connectivity index (χ2v) is 6.01. The molecule has 1 aromatic carbocycles. The van der Waals surface area contributed by atoms with Crippen molar-refractivity contribution >= 4 is 15.7 Å². The van der Waals surface area contributed by atoms with E-state index in [1.807, 2.05) is 0 Å². The molecule has 4 N–H and O–H groups in total. The summed E-state index contributed by atoms with van der Waals surface area (Å²) in [6, 6.07) is 3.48. The molecule has 1 aliphatic rings. The number of hydrogen-bond acceptors (Lipinski definition) is 5. The van der Waals surface area contributed by atoms with Crippen LogP contribution in [0, 0.1) is 5.82 Å². The molecule has 1 saturated heterocycles. The van der Waals surface area contributed by atoms with Crippen molar-refractivity contribution in [3.63, 3.8) is 0 Å². The van der Waals surface area contributed by atoms with Crippen molar-refractivity contribution < 1.29 is 23.0 Å². The molecule has 2 atom stereocenters. The molecule has 0 amide bonds. The van der Waals surface area contributed by atoms with Gasteiger partial charge in [-0.25, -0.2) is 12.8 Å². The van der Waals surface area contributed by atoms with Gasteiger partial charge in [-0.2, -0.15) is 4.31 Å². The summed E-state index contributed by atoms with van der Waals surface area (Å²) in [5.41, 5.74) is 4.94. The van der Waals surface area contributed by atoms with Crippen LogP contribution in [0.25, 0.3) is 0 Å². The lowest BCUT2D eigenvalue weighted by atomic mass is 10.3. The van der Waals surface area contributed by atoms with Crippen molar-refractivity contribution in [1.29, 1.82) is 0 Å². The second kappa shape index (κ2) is 4.47. The van der Waals surface area contributed by atoms with Gasteiger partial charge in [-0.1, -0.05) is 6.07 Å². The van der Waals surface area contributed by atoms with Gasteiger partial charge in [0, 0.05) is 13.1 Å². The largest absolute Gasteiger partial charge is 0.395 e. The first-order valence-corrected chi connectivity index (χ1v) is 6.68. The number of hydrogen-bond donors (Lipinski definition) is 3. The van der Waals surface area contributed by atoms with E-state index in [1.165, 1.54) is 12.1 Å². The fourth-order valence-electron chi connectivity index (χ4n) is 1.81. The molecule has 100 valence electrons. The molecule has 0 bridgehead atoms. The Bertz CT molecular complexity index is 553. The molecule has 6 nitrogen and oxygen atoms in total. The smallest absolute Gasteiger partial charge is 0.245 e. The maximum Gasteiger partial charge on any atom is 0.245 e. The zero-order chi connectivity index (χ0) is 13.5. The minimum Gasteiger partial charge on any atom is -0.395 e. The first-order chi connectivity index (χ1) is 8.34. The van der Waals surface area contributed by atoms with E-state index in [0.717, 1.165) is 10.4 Å². The molecule has 1 aliphatic heterocycles. The van der Waals surface area contributed by atoms with Crippen molar-refractivity contribution in [3.8, 4) is 0 Å². The predicted octanol–water partition coefficient (Wildman–Crippen LogP) is -0.866. The molecule has 0 radical (unpaired) electrons. The monoisotopic (exact) mass is 276 g/mol. The van der Waals surface area contributed by atoms with Crippen LogP contribution in [-0.4, -0.2) is 48.2 Å². The van der Waals surface area contributed by atoms with E-state index in [9.17, 15) is 23.0 Å². The molecule has 1 aromatic rings.